The molecule has 0 saturated heterocycles. The fourth-order valence-electron chi connectivity index (χ4n) is 1.73. The van der Waals surface area contributed by atoms with Gasteiger partial charge in [-0.2, -0.15) is 0 Å². The molecule has 0 fully saturated rings. The average Bonchev–Trinajstić information content (AvgIpc) is 2.29. The van der Waals surface area contributed by atoms with Crippen molar-refractivity contribution in [1.29, 1.82) is 0 Å². The van der Waals surface area contributed by atoms with Crippen molar-refractivity contribution >= 4 is 17.6 Å². The lowest BCUT2D eigenvalue weighted by atomic mass is 9.79. The topological polar surface area (TPSA) is 26.3 Å². The molecule has 3 heteroatoms. The number of rotatable bonds is 5. The van der Waals surface area contributed by atoms with Crippen molar-refractivity contribution < 1.29 is 9.53 Å². The van der Waals surface area contributed by atoms with Gasteiger partial charge >= 0.3 is 5.97 Å². The van der Waals surface area contributed by atoms with Crippen LogP contribution in [-0.4, -0.2) is 12.6 Å². The van der Waals surface area contributed by atoms with Crippen LogP contribution in [0.25, 0.3) is 0 Å². The molecule has 1 atom stereocenters. The molecule has 1 unspecified atom stereocenters. The van der Waals surface area contributed by atoms with Gasteiger partial charge in [0.25, 0.3) is 0 Å². The molecule has 0 aromatic heterocycles. The summed E-state index contributed by atoms with van der Waals surface area (Å²) < 4.78 is 5.12. The Labute approximate surface area is 107 Å². The van der Waals surface area contributed by atoms with Gasteiger partial charge < -0.3 is 4.74 Å². The number of halogens is 1. The van der Waals surface area contributed by atoms with E-state index in [9.17, 15) is 4.79 Å². The molecule has 1 aromatic rings. The monoisotopic (exact) mass is 252 g/mol. The first-order valence-corrected chi connectivity index (χ1v) is 5.96. The van der Waals surface area contributed by atoms with Crippen molar-refractivity contribution in [3.8, 4) is 0 Å². The predicted octanol–water partition coefficient (Wildman–Crippen LogP) is 3.74. The van der Waals surface area contributed by atoms with Gasteiger partial charge in [-0.15, -0.1) is 6.58 Å². The second-order valence-electron chi connectivity index (χ2n) is 4.06. The highest BCUT2D eigenvalue weighted by molar-refractivity contribution is 6.30. The Hall–Kier alpha value is -1.28. The van der Waals surface area contributed by atoms with Crippen LogP contribution in [0.3, 0.4) is 0 Å². The van der Waals surface area contributed by atoms with Crippen LogP contribution in [0.1, 0.15) is 25.8 Å². The van der Waals surface area contributed by atoms with Gasteiger partial charge in [0.1, 0.15) is 0 Å². The zero-order valence-electron chi connectivity index (χ0n) is 10.2. The van der Waals surface area contributed by atoms with Crippen molar-refractivity contribution in [1.82, 2.24) is 0 Å². The zero-order valence-corrected chi connectivity index (χ0v) is 11.0. The quantitative estimate of drug-likeness (QED) is 0.590. The molecule has 92 valence electrons. The Kier molecular flexibility index (Phi) is 4.76. The molecule has 0 saturated carbocycles. The molecule has 17 heavy (non-hydrogen) atoms. The molecule has 0 bridgehead atoms. The van der Waals surface area contributed by atoms with Gasteiger partial charge in [0.15, 0.2) is 0 Å². The van der Waals surface area contributed by atoms with E-state index in [1.165, 1.54) is 0 Å². The molecule has 0 aliphatic heterocycles. The summed E-state index contributed by atoms with van der Waals surface area (Å²) in [6.07, 6.45) is 2.24. The van der Waals surface area contributed by atoms with Crippen LogP contribution in [0.5, 0.6) is 0 Å². The molecule has 0 heterocycles. The molecule has 1 rings (SSSR count). The minimum absolute atomic E-state index is 0.248. The second kappa shape index (κ2) is 5.87. The van der Waals surface area contributed by atoms with Gasteiger partial charge in [-0.1, -0.05) is 29.8 Å². The number of ether oxygens (including phenoxy) is 1. The third-order valence-corrected chi connectivity index (χ3v) is 2.98. The van der Waals surface area contributed by atoms with Crippen molar-refractivity contribution in [2.75, 3.05) is 6.61 Å². The van der Waals surface area contributed by atoms with E-state index in [4.69, 9.17) is 16.3 Å². The molecule has 0 radical (unpaired) electrons. The minimum atomic E-state index is -0.720. The minimum Gasteiger partial charge on any atom is -0.465 e. The van der Waals surface area contributed by atoms with Crippen molar-refractivity contribution in [3.63, 3.8) is 0 Å². The van der Waals surface area contributed by atoms with Crippen LogP contribution < -0.4 is 0 Å². The van der Waals surface area contributed by atoms with Crippen molar-refractivity contribution in [2.45, 2.75) is 25.7 Å². The van der Waals surface area contributed by atoms with E-state index < -0.39 is 5.41 Å². The Bertz CT molecular complexity index is 414. The van der Waals surface area contributed by atoms with E-state index in [0.717, 1.165) is 5.56 Å². The molecule has 1 aromatic carbocycles. The van der Waals surface area contributed by atoms with Crippen molar-refractivity contribution in [2.24, 2.45) is 0 Å². The van der Waals surface area contributed by atoms with E-state index in [2.05, 4.69) is 6.58 Å². The van der Waals surface area contributed by atoms with Gasteiger partial charge in [-0.25, -0.2) is 0 Å². The first-order valence-electron chi connectivity index (χ1n) is 5.58. The second-order valence-corrected chi connectivity index (χ2v) is 4.49. The van der Waals surface area contributed by atoms with Gasteiger partial charge in [0, 0.05) is 5.02 Å². The van der Waals surface area contributed by atoms with Crippen molar-refractivity contribution in [3.05, 3.63) is 47.5 Å². The fraction of sp³-hybridized carbons (Fsp3) is 0.357. The molecule has 0 amide bonds. The smallest absolute Gasteiger partial charge is 0.316 e. The lowest BCUT2D eigenvalue weighted by molar-refractivity contribution is -0.149. The summed E-state index contributed by atoms with van der Waals surface area (Å²) in [5, 5.41) is 0.613. The normalized spacial score (nSPS) is 13.8. The molecular weight excluding hydrogens is 236 g/mol. The highest BCUT2D eigenvalue weighted by atomic mass is 35.5. The molecule has 0 aliphatic rings. The number of carbonyl (C=O) groups is 1. The summed E-state index contributed by atoms with van der Waals surface area (Å²) in [4.78, 5) is 12.1. The van der Waals surface area contributed by atoms with Crippen LogP contribution in [0.2, 0.25) is 5.02 Å². The van der Waals surface area contributed by atoms with Crippen LogP contribution >= 0.6 is 11.6 Å². The maximum atomic E-state index is 12.1. The van der Waals surface area contributed by atoms with E-state index in [-0.39, 0.29) is 5.97 Å². The first-order chi connectivity index (χ1) is 8.04. The molecule has 0 aliphatic carbocycles. The van der Waals surface area contributed by atoms with Crippen LogP contribution in [0, 0.1) is 0 Å². The number of allylic oxidation sites excluding steroid dienone is 1. The third kappa shape index (κ3) is 3.10. The summed E-state index contributed by atoms with van der Waals surface area (Å²) in [7, 11) is 0. The Morgan fingerprint density at radius 3 is 2.82 bits per heavy atom. The Morgan fingerprint density at radius 1 is 1.59 bits per heavy atom. The number of benzene rings is 1. The van der Waals surface area contributed by atoms with Crippen LogP contribution in [0.15, 0.2) is 36.9 Å². The maximum absolute atomic E-state index is 12.1. The average molecular weight is 253 g/mol. The third-order valence-electron chi connectivity index (χ3n) is 2.74. The number of hydrogen-bond acceptors (Lipinski definition) is 2. The summed E-state index contributed by atoms with van der Waals surface area (Å²) >= 11 is 5.95. The fourth-order valence-corrected chi connectivity index (χ4v) is 1.92. The highest BCUT2D eigenvalue weighted by Crippen LogP contribution is 2.31. The van der Waals surface area contributed by atoms with Gasteiger partial charge in [-0.05, 0) is 38.0 Å². The number of esters is 1. The van der Waals surface area contributed by atoms with Gasteiger partial charge in [-0.3, -0.25) is 4.79 Å². The maximum Gasteiger partial charge on any atom is 0.316 e. The van der Waals surface area contributed by atoms with E-state index >= 15 is 0 Å². The summed E-state index contributed by atoms with van der Waals surface area (Å²) in [6, 6.07) is 7.29. The van der Waals surface area contributed by atoms with Gasteiger partial charge in [0.2, 0.25) is 0 Å². The van der Waals surface area contributed by atoms with E-state index in [1.54, 1.807) is 25.1 Å². The highest BCUT2D eigenvalue weighted by Gasteiger charge is 2.35. The first kappa shape index (κ1) is 13.8. The summed E-state index contributed by atoms with van der Waals surface area (Å²) in [5.41, 5.74) is 0.131. The largest absolute Gasteiger partial charge is 0.465 e. The molecule has 2 nitrogen and oxygen atoms in total. The lowest BCUT2D eigenvalue weighted by Crippen LogP contribution is -2.34. The van der Waals surface area contributed by atoms with Gasteiger partial charge in [0.05, 0.1) is 12.0 Å². The molecule has 0 N–H and O–H groups in total. The number of carbonyl (C=O) groups excluding carboxylic acids is 1. The molecule has 0 spiro atoms. The van der Waals surface area contributed by atoms with Crippen LogP contribution in [0.4, 0.5) is 0 Å². The van der Waals surface area contributed by atoms with E-state index in [1.807, 2.05) is 19.1 Å². The zero-order chi connectivity index (χ0) is 12.9. The SMILES string of the molecule is C=CCC(C)(C(=O)OCC)c1cccc(Cl)c1. The lowest BCUT2D eigenvalue weighted by Gasteiger charge is -2.26. The van der Waals surface area contributed by atoms with Crippen LogP contribution in [-0.2, 0) is 14.9 Å². The number of hydrogen-bond donors (Lipinski definition) is 0. The standard InChI is InChI=1S/C14H17ClO2/c1-4-9-14(3,13(16)17-5-2)11-7-6-8-12(15)10-11/h4,6-8,10H,1,5,9H2,2-3H3. The predicted molar refractivity (Wildman–Crippen MR) is 70.3 cm³/mol. The molecular formula is C14H17ClO2. The Balaban J connectivity index is 3.14. The Morgan fingerprint density at radius 2 is 2.29 bits per heavy atom. The summed E-state index contributed by atoms with van der Waals surface area (Å²) in [5.74, 6) is -0.248. The summed E-state index contributed by atoms with van der Waals surface area (Å²) in [6.45, 7) is 7.70. The van der Waals surface area contributed by atoms with E-state index in [0.29, 0.717) is 18.1 Å².